The maximum atomic E-state index is 13.9. The molecule has 0 amide bonds. The van der Waals surface area contributed by atoms with Crippen molar-refractivity contribution in [2.24, 2.45) is 0 Å². The van der Waals surface area contributed by atoms with E-state index in [0.717, 1.165) is 11.1 Å². The highest BCUT2D eigenvalue weighted by molar-refractivity contribution is 6.16. The maximum Gasteiger partial charge on any atom is 0.198 e. The van der Waals surface area contributed by atoms with Crippen LogP contribution in [0.25, 0.3) is 10.9 Å². The molecule has 0 unspecified atom stereocenters. The molecule has 102 valence electrons. The van der Waals surface area contributed by atoms with Crippen molar-refractivity contribution in [2.75, 3.05) is 0 Å². The summed E-state index contributed by atoms with van der Waals surface area (Å²) < 4.78 is 13.9. The smallest absolute Gasteiger partial charge is 0.198 e. The summed E-state index contributed by atoms with van der Waals surface area (Å²) in [6.07, 6.45) is 1.55. The van der Waals surface area contributed by atoms with Gasteiger partial charge in [0.1, 0.15) is 5.82 Å². The Morgan fingerprint density at radius 1 is 1.19 bits per heavy atom. The molecule has 2 aromatic carbocycles. The molecule has 3 nitrogen and oxygen atoms in total. The number of carbonyl (C=O) groups excluding carboxylic acids is 1. The zero-order chi connectivity index (χ0) is 15.0. The van der Waals surface area contributed by atoms with Crippen LogP contribution in [-0.2, 0) is 0 Å². The van der Waals surface area contributed by atoms with Crippen LogP contribution in [0.5, 0.6) is 0 Å². The third-order valence-corrected chi connectivity index (χ3v) is 3.42. The Labute approximate surface area is 120 Å². The van der Waals surface area contributed by atoms with Gasteiger partial charge in [0.15, 0.2) is 5.78 Å². The Morgan fingerprint density at radius 2 is 2.00 bits per heavy atom. The number of nitrogens with zero attached hydrogens (tertiary/aromatic N) is 1. The Kier molecular flexibility index (Phi) is 3.03. The van der Waals surface area contributed by atoms with Crippen LogP contribution in [0.3, 0.4) is 0 Å². The second-order valence-corrected chi connectivity index (χ2v) is 4.89. The fourth-order valence-electron chi connectivity index (χ4n) is 2.34. The van der Waals surface area contributed by atoms with E-state index in [-0.39, 0.29) is 5.56 Å². The highest BCUT2D eigenvalue weighted by Gasteiger charge is 2.18. The van der Waals surface area contributed by atoms with E-state index < -0.39 is 11.6 Å². The van der Waals surface area contributed by atoms with Crippen molar-refractivity contribution in [3.05, 3.63) is 70.7 Å². The minimum atomic E-state index is -0.545. The molecule has 0 aliphatic carbocycles. The van der Waals surface area contributed by atoms with E-state index in [1.54, 1.807) is 37.4 Å². The van der Waals surface area contributed by atoms with Crippen LogP contribution in [0.4, 0.5) is 4.39 Å². The zero-order valence-corrected chi connectivity index (χ0v) is 11.3. The number of ketones is 1. The number of nitrogens with one attached hydrogen (secondary N) is 1. The summed E-state index contributed by atoms with van der Waals surface area (Å²) in [7, 11) is 0. The van der Waals surface area contributed by atoms with Crippen LogP contribution in [-0.4, -0.2) is 10.8 Å². The van der Waals surface area contributed by atoms with Crippen molar-refractivity contribution < 1.29 is 9.18 Å². The lowest BCUT2D eigenvalue weighted by atomic mass is 10.00. The lowest BCUT2D eigenvalue weighted by Gasteiger charge is -2.03. The number of H-pyrrole nitrogens is 1. The van der Waals surface area contributed by atoms with Crippen molar-refractivity contribution in [2.45, 2.75) is 6.92 Å². The molecule has 0 radical (unpaired) electrons. The van der Waals surface area contributed by atoms with Gasteiger partial charge in [-0.1, -0.05) is 11.6 Å². The van der Waals surface area contributed by atoms with Crippen LogP contribution in [0.2, 0.25) is 0 Å². The Bertz CT molecular complexity index is 903. The first-order valence-electron chi connectivity index (χ1n) is 6.42. The number of rotatable bonds is 2. The van der Waals surface area contributed by atoms with Crippen molar-refractivity contribution in [3.8, 4) is 6.07 Å². The minimum Gasteiger partial charge on any atom is -0.360 e. The molecule has 1 N–H and O–H groups in total. The minimum absolute atomic E-state index is 0.0401. The molecule has 0 aliphatic rings. The quantitative estimate of drug-likeness (QED) is 0.726. The van der Waals surface area contributed by atoms with Crippen molar-refractivity contribution >= 4 is 16.7 Å². The topological polar surface area (TPSA) is 56.6 Å². The van der Waals surface area contributed by atoms with Crippen molar-refractivity contribution in [1.82, 2.24) is 4.98 Å². The number of benzene rings is 2. The number of aromatic nitrogens is 1. The van der Waals surface area contributed by atoms with Crippen LogP contribution in [0.15, 0.2) is 42.6 Å². The fourth-order valence-corrected chi connectivity index (χ4v) is 2.34. The average Bonchev–Trinajstić information content (AvgIpc) is 2.91. The van der Waals surface area contributed by atoms with Gasteiger partial charge in [-0.05, 0) is 37.3 Å². The van der Waals surface area contributed by atoms with E-state index in [2.05, 4.69) is 4.98 Å². The number of nitriles is 1. The fraction of sp³-hybridized carbons (Fsp3) is 0.0588. The number of aryl methyl sites for hydroxylation is 1. The van der Waals surface area contributed by atoms with Gasteiger partial charge in [-0.15, -0.1) is 0 Å². The monoisotopic (exact) mass is 278 g/mol. The van der Waals surface area contributed by atoms with Gasteiger partial charge in [-0.2, -0.15) is 5.26 Å². The molecule has 0 atom stereocenters. The maximum absolute atomic E-state index is 13.9. The SMILES string of the molecule is Cc1ccc(F)c(C(=O)c2c[nH]c3ccc(C#N)cc23)c1. The van der Waals surface area contributed by atoms with E-state index in [0.29, 0.717) is 16.5 Å². The van der Waals surface area contributed by atoms with Crippen LogP contribution >= 0.6 is 0 Å². The summed E-state index contributed by atoms with van der Waals surface area (Å²) in [5.74, 6) is -0.936. The molecule has 0 bridgehead atoms. The van der Waals surface area contributed by atoms with Crippen molar-refractivity contribution in [3.63, 3.8) is 0 Å². The van der Waals surface area contributed by atoms with Gasteiger partial charge in [0.2, 0.25) is 0 Å². The van der Waals surface area contributed by atoms with Crippen LogP contribution in [0.1, 0.15) is 27.0 Å². The molecule has 3 aromatic rings. The number of carbonyl (C=O) groups is 1. The molecular weight excluding hydrogens is 267 g/mol. The number of halogens is 1. The molecule has 4 heteroatoms. The largest absolute Gasteiger partial charge is 0.360 e. The predicted molar refractivity (Wildman–Crippen MR) is 77.6 cm³/mol. The Morgan fingerprint density at radius 3 is 2.76 bits per heavy atom. The molecule has 3 rings (SSSR count). The van der Waals surface area contributed by atoms with E-state index in [1.807, 2.05) is 6.07 Å². The summed E-state index contributed by atoms with van der Waals surface area (Å²) >= 11 is 0. The van der Waals surface area contributed by atoms with Gasteiger partial charge < -0.3 is 4.98 Å². The molecule has 0 fully saturated rings. The molecule has 0 saturated carbocycles. The van der Waals surface area contributed by atoms with Crippen molar-refractivity contribution in [1.29, 1.82) is 5.26 Å². The first-order chi connectivity index (χ1) is 10.1. The number of hydrogen-bond acceptors (Lipinski definition) is 2. The molecule has 1 aromatic heterocycles. The summed E-state index contributed by atoms with van der Waals surface area (Å²) in [5.41, 5.74) is 2.42. The third-order valence-electron chi connectivity index (χ3n) is 3.42. The number of aromatic amines is 1. The van der Waals surface area contributed by atoms with Crippen LogP contribution in [0, 0.1) is 24.1 Å². The number of hydrogen-bond donors (Lipinski definition) is 1. The lowest BCUT2D eigenvalue weighted by molar-refractivity contribution is 0.103. The highest BCUT2D eigenvalue weighted by atomic mass is 19.1. The van der Waals surface area contributed by atoms with Gasteiger partial charge in [-0.3, -0.25) is 4.79 Å². The zero-order valence-electron chi connectivity index (χ0n) is 11.3. The van der Waals surface area contributed by atoms with E-state index in [9.17, 15) is 9.18 Å². The molecule has 0 aliphatic heterocycles. The third kappa shape index (κ3) is 2.19. The molecule has 0 saturated heterocycles. The van der Waals surface area contributed by atoms with E-state index in [1.165, 1.54) is 12.1 Å². The van der Waals surface area contributed by atoms with Gasteiger partial charge >= 0.3 is 0 Å². The van der Waals surface area contributed by atoms with Gasteiger partial charge in [0.05, 0.1) is 17.2 Å². The predicted octanol–water partition coefficient (Wildman–Crippen LogP) is 3.72. The first kappa shape index (κ1) is 13.1. The van der Waals surface area contributed by atoms with E-state index >= 15 is 0 Å². The summed E-state index contributed by atoms with van der Waals surface area (Å²) in [6, 6.07) is 11.5. The van der Waals surface area contributed by atoms with Gasteiger partial charge in [0.25, 0.3) is 0 Å². The second-order valence-electron chi connectivity index (χ2n) is 4.89. The normalized spacial score (nSPS) is 10.5. The standard InChI is InChI=1S/C17H11FN2O/c1-10-2-4-15(18)13(6-10)17(21)14-9-20-16-5-3-11(8-19)7-12(14)16/h2-7,9,20H,1H3. The van der Waals surface area contributed by atoms with Crippen LogP contribution < -0.4 is 0 Å². The summed E-state index contributed by atoms with van der Waals surface area (Å²) in [5, 5.41) is 9.58. The number of fused-ring (bicyclic) bond motifs is 1. The van der Waals surface area contributed by atoms with Gasteiger partial charge in [0, 0.05) is 22.7 Å². The second kappa shape index (κ2) is 4.88. The van der Waals surface area contributed by atoms with Gasteiger partial charge in [-0.25, -0.2) is 4.39 Å². The Balaban J connectivity index is 2.18. The Hall–Kier alpha value is -2.93. The molecule has 0 spiro atoms. The summed E-state index contributed by atoms with van der Waals surface area (Å²) in [6.45, 7) is 1.80. The average molecular weight is 278 g/mol. The molecule has 21 heavy (non-hydrogen) atoms. The van der Waals surface area contributed by atoms with E-state index in [4.69, 9.17) is 5.26 Å². The first-order valence-corrected chi connectivity index (χ1v) is 6.42. The molecule has 1 heterocycles. The lowest BCUT2D eigenvalue weighted by Crippen LogP contribution is -2.04. The molecular formula is C17H11FN2O. The summed E-state index contributed by atoms with van der Waals surface area (Å²) in [4.78, 5) is 15.5. The highest BCUT2D eigenvalue weighted by Crippen LogP contribution is 2.24.